The summed E-state index contributed by atoms with van der Waals surface area (Å²) in [6.07, 6.45) is 0.635. The van der Waals surface area contributed by atoms with Gasteiger partial charge < -0.3 is 4.74 Å². The van der Waals surface area contributed by atoms with Crippen LogP contribution in [0.25, 0.3) is 0 Å². The van der Waals surface area contributed by atoms with Gasteiger partial charge in [0.05, 0.1) is 11.5 Å². The molecule has 6 heteroatoms. The normalized spacial score (nSPS) is 9.81. The van der Waals surface area contributed by atoms with E-state index in [0.29, 0.717) is 6.42 Å². The molecule has 0 aromatic heterocycles. The fourth-order valence-electron chi connectivity index (χ4n) is 1.12. The summed E-state index contributed by atoms with van der Waals surface area (Å²) >= 11 is 5.14. The van der Waals surface area contributed by atoms with E-state index < -0.39 is 10.2 Å². The van der Waals surface area contributed by atoms with Crippen LogP contribution in [0.4, 0.5) is 5.69 Å². The molecule has 0 aliphatic heterocycles. The Balaban J connectivity index is 2.53. The predicted molar refractivity (Wildman–Crippen MR) is 58.7 cm³/mol. The molecule has 0 fully saturated rings. The molecular formula is C10H10ClNO4. The topological polar surface area (TPSA) is 69.4 Å². The van der Waals surface area contributed by atoms with Gasteiger partial charge in [0, 0.05) is 12.5 Å². The van der Waals surface area contributed by atoms with Gasteiger partial charge in [0.2, 0.25) is 5.24 Å². The lowest BCUT2D eigenvalue weighted by Crippen LogP contribution is -2.01. The first-order valence-electron chi connectivity index (χ1n) is 4.66. The summed E-state index contributed by atoms with van der Waals surface area (Å²) in [6, 6.07) is 6.09. The molecule has 0 amide bonds. The number of ether oxygens (including phenoxy) is 1. The van der Waals surface area contributed by atoms with Gasteiger partial charge in [0.15, 0.2) is 5.75 Å². The highest BCUT2D eigenvalue weighted by Crippen LogP contribution is 2.25. The van der Waals surface area contributed by atoms with E-state index in [2.05, 4.69) is 0 Å². The second-order valence-corrected chi connectivity index (χ2v) is 3.45. The highest BCUT2D eigenvalue weighted by atomic mass is 35.5. The van der Waals surface area contributed by atoms with Gasteiger partial charge in [0.1, 0.15) is 0 Å². The minimum atomic E-state index is -0.512. The maximum atomic E-state index is 10.6. The van der Waals surface area contributed by atoms with Crippen molar-refractivity contribution in [3.8, 4) is 5.75 Å². The molecule has 1 rings (SSSR count). The summed E-state index contributed by atoms with van der Waals surface area (Å²) in [5.41, 5.74) is -0.0836. The van der Waals surface area contributed by atoms with Crippen molar-refractivity contribution < 1.29 is 14.5 Å². The lowest BCUT2D eigenvalue weighted by atomic mass is 10.3. The average Bonchev–Trinajstić information content (AvgIpc) is 2.24. The molecule has 0 bridgehead atoms. The van der Waals surface area contributed by atoms with Gasteiger partial charge in [0.25, 0.3) is 0 Å². The van der Waals surface area contributed by atoms with E-state index in [0.717, 1.165) is 0 Å². The molecule has 1 aromatic rings. The SMILES string of the molecule is O=C(Cl)CCCOc1ccccc1[N+](=O)[O-]. The van der Waals surface area contributed by atoms with Crippen molar-refractivity contribution in [2.45, 2.75) is 12.8 Å². The standard InChI is InChI=1S/C10H10ClNO4/c11-10(13)6-3-7-16-9-5-2-1-4-8(9)12(14)15/h1-2,4-5H,3,6-7H2. The van der Waals surface area contributed by atoms with Crippen molar-refractivity contribution in [3.05, 3.63) is 34.4 Å². The third-order valence-electron chi connectivity index (χ3n) is 1.84. The molecule has 0 heterocycles. The maximum Gasteiger partial charge on any atom is 0.310 e. The minimum absolute atomic E-state index is 0.0836. The molecule has 0 radical (unpaired) electrons. The molecule has 5 nitrogen and oxygen atoms in total. The van der Waals surface area contributed by atoms with Crippen LogP contribution in [0.15, 0.2) is 24.3 Å². The first-order chi connectivity index (χ1) is 7.61. The van der Waals surface area contributed by atoms with Crippen LogP contribution in [0.1, 0.15) is 12.8 Å². The van der Waals surface area contributed by atoms with E-state index in [1.807, 2.05) is 0 Å². The van der Waals surface area contributed by atoms with Crippen LogP contribution in [0.3, 0.4) is 0 Å². The van der Waals surface area contributed by atoms with Gasteiger partial charge in [-0.05, 0) is 24.1 Å². The van der Waals surface area contributed by atoms with Crippen LogP contribution in [0, 0.1) is 10.1 Å². The lowest BCUT2D eigenvalue weighted by Gasteiger charge is -2.05. The van der Waals surface area contributed by atoms with Crippen LogP contribution < -0.4 is 4.74 Å². The fourth-order valence-corrected chi connectivity index (χ4v) is 1.26. The number of carbonyl (C=O) groups excluding carboxylic acids is 1. The van der Waals surface area contributed by atoms with Gasteiger partial charge in [-0.3, -0.25) is 14.9 Å². The van der Waals surface area contributed by atoms with Crippen molar-refractivity contribution in [1.82, 2.24) is 0 Å². The van der Waals surface area contributed by atoms with Crippen LogP contribution in [-0.2, 0) is 4.79 Å². The Morgan fingerprint density at radius 1 is 1.44 bits per heavy atom. The quantitative estimate of drug-likeness (QED) is 0.333. The van der Waals surface area contributed by atoms with Gasteiger partial charge in [-0.1, -0.05) is 12.1 Å². The summed E-state index contributed by atoms with van der Waals surface area (Å²) in [6.45, 7) is 0.226. The van der Waals surface area contributed by atoms with Crippen molar-refractivity contribution in [3.63, 3.8) is 0 Å². The van der Waals surface area contributed by atoms with E-state index >= 15 is 0 Å². The number of halogens is 1. The molecule has 0 saturated carbocycles. The summed E-state index contributed by atoms with van der Waals surface area (Å²) in [5, 5.41) is 10.2. The van der Waals surface area contributed by atoms with Gasteiger partial charge in [-0.2, -0.15) is 0 Å². The molecule has 0 unspecified atom stereocenters. The Bertz CT molecular complexity index is 394. The Morgan fingerprint density at radius 2 is 2.12 bits per heavy atom. The number of hydrogen-bond donors (Lipinski definition) is 0. The Hall–Kier alpha value is -1.62. The molecule has 1 aromatic carbocycles. The molecule has 0 N–H and O–H groups in total. The average molecular weight is 244 g/mol. The number of nitro benzene ring substituents is 1. The fraction of sp³-hybridized carbons (Fsp3) is 0.300. The van der Waals surface area contributed by atoms with E-state index in [1.54, 1.807) is 12.1 Å². The number of rotatable bonds is 6. The van der Waals surface area contributed by atoms with E-state index in [-0.39, 0.29) is 24.5 Å². The number of carbonyl (C=O) groups is 1. The van der Waals surface area contributed by atoms with Crippen molar-refractivity contribution in [2.24, 2.45) is 0 Å². The molecule has 0 aliphatic carbocycles. The van der Waals surface area contributed by atoms with Crippen molar-refractivity contribution in [1.29, 1.82) is 0 Å². The zero-order valence-electron chi connectivity index (χ0n) is 8.39. The maximum absolute atomic E-state index is 10.6. The zero-order valence-corrected chi connectivity index (χ0v) is 9.14. The monoisotopic (exact) mass is 243 g/mol. The van der Waals surface area contributed by atoms with Gasteiger partial charge in [-0.15, -0.1) is 0 Å². The first-order valence-corrected chi connectivity index (χ1v) is 5.03. The van der Waals surface area contributed by atoms with Crippen LogP contribution in [0.2, 0.25) is 0 Å². The van der Waals surface area contributed by atoms with Gasteiger partial charge >= 0.3 is 5.69 Å². The highest BCUT2D eigenvalue weighted by Gasteiger charge is 2.13. The third-order valence-corrected chi connectivity index (χ3v) is 2.03. The second kappa shape index (κ2) is 6.07. The van der Waals surface area contributed by atoms with Crippen molar-refractivity contribution >= 4 is 22.5 Å². The number of nitro groups is 1. The largest absolute Gasteiger partial charge is 0.487 e. The van der Waals surface area contributed by atoms with Gasteiger partial charge in [-0.25, -0.2) is 0 Å². The molecule has 0 spiro atoms. The van der Waals surface area contributed by atoms with E-state index in [9.17, 15) is 14.9 Å². The summed E-state index contributed by atoms with van der Waals surface area (Å²) in [5.74, 6) is 0.203. The molecule has 0 aliphatic rings. The summed E-state index contributed by atoms with van der Waals surface area (Å²) in [7, 11) is 0. The predicted octanol–water partition coefficient (Wildman–Crippen LogP) is 2.52. The number of benzene rings is 1. The molecule has 16 heavy (non-hydrogen) atoms. The molecule has 0 saturated heterocycles. The zero-order chi connectivity index (χ0) is 12.0. The number of para-hydroxylation sites is 2. The number of hydrogen-bond acceptors (Lipinski definition) is 4. The Morgan fingerprint density at radius 3 is 2.75 bits per heavy atom. The molecule has 86 valence electrons. The van der Waals surface area contributed by atoms with Crippen LogP contribution >= 0.6 is 11.6 Å². The van der Waals surface area contributed by atoms with Crippen LogP contribution in [-0.4, -0.2) is 16.8 Å². The number of nitrogens with zero attached hydrogens (tertiary/aromatic N) is 1. The van der Waals surface area contributed by atoms with Crippen LogP contribution in [0.5, 0.6) is 5.75 Å². The first kappa shape index (κ1) is 12.4. The summed E-state index contributed by atoms with van der Waals surface area (Å²) in [4.78, 5) is 20.5. The molecular weight excluding hydrogens is 234 g/mol. The highest BCUT2D eigenvalue weighted by molar-refractivity contribution is 6.63. The molecule has 0 atom stereocenters. The smallest absolute Gasteiger partial charge is 0.310 e. The Labute approximate surface area is 97.1 Å². The second-order valence-electron chi connectivity index (χ2n) is 3.03. The lowest BCUT2D eigenvalue weighted by molar-refractivity contribution is -0.385. The minimum Gasteiger partial charge on any atom is -0.487 e. The Kier molecular flexibility index (Phi) is 4.72. The third kappa shape index (κ3) is 3.86. The van der Waals surface area contributed by atoms with E-state index in [4.69, 9.17) is 16.3 Å². The summed E-state index contributed by atoms with van der Waals surface area (Å²) < 4.78 is 5.20. The van der Waals surface area contributed by atoms with Crippen molar-refractivity contribution in [2.75, 3.05) is 6.61 Å². The van der Waals surface area contributed by atoms with E-state index in [1.165, 1.54) is 12.1 Å².